The smallest absolute Gasteiger partial charge is 0.292 e. The quantitative estimate of drug-likeness (QED) is 0.644. The Bertz CT molecular complexity index is 443. The maximum Gasteiger partial charge on any atom is 0.292 e. The van der Waals surface area contributed by atoms with Gasteiger partial charge in [0.2, 0.25) is 0 Å². The van der Waals surface area contributed by atoms with Gasteiger partial charge in [0.25, 0.3) is 5.69 Å². The molecule has 1 aromatic carbocycles. The van der Waals surface area contributed by atoms with Crippen LogP contribution in [0.25, 0.3) is 0 Å². The van der Waals surface area contributed by atoms with Crippen LogP contribution in [0.3, 0.4) is 0 Å². The Kier molecular flexibility index (Phi) is 3.05. The molecule has 2 atom stereocenters. The molecule has 0 spiro atoms. The molecule has 0 aliphatic carbocycles. The number of nitrogens with one attached hydrogen (secondary N) is 1. The minimum Gasteiger partial charge on any atom is -0.379 e. The third kappa shape index (κ3) is 1.99. The zero-order valence-corrected chi connectivity index (χ0v) is 10.4. The monoisotopic (exact) mass is 234 g/mol. The summed E-state index contributed by atoms with van der Waals surface area (Å²) >= 11 is 0. The number of nitro benzene ring substituents is 1. The van der Waals surface area contributed by atoms with Crippen LogP contribution in [0.2, 0.25) is 0 Å². The first kappa shape index (κ1) is 11.9. The Balaban J connectivity index is 2.39. The van der Waals surface area contributed by atoms with Crippen LogP contribution in [-0.2, 0) is 0 Å². The molecule has 0 amide bonds. The van der Waals surface area contributed by atoms with Crippen LogP contribution >= 0.6 is 0 Å². The third-order valence-corrected chi connectivity index (χ3v) is 3.86. The number of nitro groups is 1. The van der Waals surface area contributed by atoms with Crippen LogP contribution in [-0.4, -0.2) is 11.5 Å². The molecule has 92 valence electrons. The topological polar surface area (TPSA) is 55.2 Å². The fraction of sp³-hybridized carbons (Fsp3) is 0.538. The number of fused-ring (bicyclic) bond motifs is 1. The minimum absolute atomic E-state index is 0.195. The molecular weight excluding hydrogens is 216 g/mol. The predicted octanol–water partition coefficient (Wildman–Crippen LogP) is 3.40. The van der Waals surface area contributed by atoms with Gasteiger partial charge in [-0.2, -0.15) is 0 Å². The number of rotatable bonds is 3. The summed E-state index contributed by atoms with van der Waals surface area (Å²) in [6.45, 7) is 7.41. The molecular formula is C13H18N2O2. The van der Waals surface area contributed by atoms with Gasteiger partial charge >= 0.3 is 0 Å². The Morgan fingerprint density at radius 3 is 2.71 bits per heavy atom. The van der Waals surface area contributed by atoms with E-state index in [0.29, 0.717) is 17.8 Å². The minimum atomic E-state index is -0.311. The highest BCUT2D eigenvalue weighted by atomic mass is 16.6. The van der Waals surface area contributed by atoms with E-state index >= 15 is 0 Å². The van der Waals surface area contributed by atoms with Gasteiger partial charge in [0.05, 0.1) is 4.92 Å². The average molecular weight is 234 g/mol. The maximum atomic E-state index is 10.9. The standard InChI is InChI=1S/C13H18N2O2/c1-8(2)9(3)11-7-14-13-10(11)5-4-6-12(13)15(16)17/h4-6,8-9,11,14H,7H2,1-3H3. The lowest BCUT2D eigenvalue weighted by Gasteiger charge is -2.22. The number of hydrogen-bond acceptors (Lipinski definition) is 3. The number of para-hydroxylation sites is 1. The summed E-state index contributed by atoms with van der Waals surface area (Å²) in [5.74, 6) is 1.47. The van der Waals surface area contributed by atoms with Gasteiger partial charge in [-0.3, -0.25) is 10.1 Å². The van der Waals surface area contributed by atoms with E-state index in [9.17, 15) is 10.1 Å². The van der Waals surface area contributed by atoms with Crippen molar-refractivity contribution in [3.63, 3.8) is 0 Å². The Labute approximate surface area is 101 Å². The van der Waals surface area contributed by atoms with Crippen molar-refractivity contribution in [2.75, 3.05) is 11.9 Å². The Morgan fingerprint density at radius 2 is 2.12 bits per heavy atom. The van der Waals surface area contributed by atoms with Crippen molar-refractivity contribution in [3.8, 4) is 0 Å². The van der Waals surface area contributed by atoms with Crippen LogP contribution in [0.1, 0.15) is 32.3 Å². The van der Waals surface area contributed by atoms with Crippen LogP contribution in [0.5, 0.6) is 0 Å². The lowest BCUT2D eigenvalue weighted by atomic mass is 9.82. The van der Waals surface area contributed by atoms with Gasteiger partial charge in [0, 0.05) is 18.5 Å². The Hall–Kier alpha value is -1.58. The van der Waals surface area contributed by atoms with Crippen LogP contribution in [0.4, 0.5) is 11.4 Å². The number of benzene rings is 1. The molecule has 0 aromatic heterocycles. The number of hydrogen-bond donors (Lipinski definition) is 1. The summed E-state index contributed by atoms with van der Waals surface area (Å²) in [6, 6.07) is 5.35. The van der Waals surface area contributed by atoms with Gasteiger partial charge < -0.3 is 5.32 Å². The lowest BCUT2D eigenvalue weighted by Crippen LogP contribution is -2.16. The molecule has 0 saturated heterocycles. The van der Waals surface area contributed by atoms with Gasteiger partial charge in [-0.15, -0.1) is 0 Å². The van der Waals surface area contributed by atoms with Gasteiger partial charge in [-0.25, -0.2) is 0 Å². The van der Waals surface area contributed by atoms with Crippen LogP contribution in [0, 0.1) is 22.0 Å². The average Bonchev–Trinajstić information content (AvgIpc) is 2.70. The Morgan fingerprint density at radius 1 is 1.41 bits per heavy atom. The first-order valence-electron chi connectivity index (χ1n) is 6.03. The van der Waals surface area contributed by atoms with Crippen molar-refractivity contribution in [1.29, 1.82) is 0 Å². The molecule has 4 heteroatoms. The van der Waals surface area contributed by atoms with Crippen molar-refractivity contribution >= 4 is 11.4 Å². The van der Waals surface area contributed by atoms with E-state index in [2.05, 4.69) is 26.1 Å². The van der Waals surface area contributed by atoms with Crippen molar-refractivity contribution in [3.05, 3.63) is 33.9 Å². The number of anilines is 1. The summed E-state index contributed by atoms with van der Waals surface area (Å²) in [5, 5.41) is 14.1. The van der Waals surface area contributed by atoms with Crippen LogP contribution < -0.4 is 5.32 Å². The highest BCUT2D eigenvalue weighted by Crippen LogP contribution is 2.43. The summed E-state index contributed by atoms with van der Waals surface area (Å²) in [7, 11) is 0. The molecule has 17 heavy (non-hydrogen) atoms. The fourth-order valence-corrected chi connectivity index (χ4v) is 2.47. The summed E-state index contributed by atoms with van der Waals surface area (Å²) in [4.78, 5) is 10.6. The molecule has 1 aliphatic heterocycles. The van der Waals surface area contributed by atoms with Gasteiger partial charge in [0.15, 0.2) is 0 Å². The van der Waals surface area contributed by atoms with Crippen LogP contribution in [0.15, 0.2) is 18.2 Å². The summed E-state index contributed by atoms with van der Waals surface area (Å²) < 4.78 is 0. The van der Waals surface area contributed by atoms with Crippen molar-refractivity contribution in [2.45, 2.75) is 26.7 Å². The van der Waals surface area contributed by atoms with Crippen molar-refractivity contribution in [1.82, 2.24) is 0 Å². The first-order valence-corrected chi connectivity index (χ1v) is 6.03. The normalized spacial score (nSPS) is 19.9. The molecule has 2 rings (SSSR count). The molecule has 0 fully saturated rings. The van der Waals surface area contributed by atoms with Gasteiger partial charge in [-0.1, -0.05) is 32.9 Å². The van der Waals surface area contributed by atoms with E-state index < -0.39 is 0 Å². The molecule has 1 aliphatic rings. The number of nitrogens with zero attached hydrogens (tertiary/aromatic N) is 1. The fourth-order valence-electron chi connectivity index (χ4n) is 2.47. The third-order valence-electron chi connectivity index (χ3n) is 3.86. The highest BCUT2D eigenvalue weighted by molar-refractivity contribution is 5.70. The SMILES string of the molecule is CC(C)C(C)C1CNc2c1cccc2[N+](=O)[O-]. The maximum absolute atomic E-state index is 10.9. The van der Waals surface area contributed by atoms with Crippen molar-refractivity contribution < 1.29 is 4.92 Å². The van der Waals surface area contributed by atoms with Gasteiger partial charge in [-0.05, 0) is 17.4 Å². The lowest BCUT2D eigenvalue weighted by molar-refractivity contribution is -0.383. The molecule has 1 heterocycles. The molecule has 0 saturated carbocycles. The second-order valence-corrected chi connectivity index (χ2v) is 5.09. The molecule has 2 unspecified atom stereocenters. The summed E-state index contributed by atoms with van der Waals surface area (Å²) in [5.41, 5.74) is 2.01. The van der Waals surface area contributed by atoms with Crippen molar-refractivity contribution in [2.24, 2.45) is 11.8 Å². The zero-order chi connectivity index (χ0) is 12.6. The molecule has 4 nitrogen and oxygen atoms in total. The second-order valence-electron chi connectivity index (χ2n) is 5.09. The van der Waals surface area contributed by atoms with E-state index in [-0.39, 0.29) is 10.6 Å². The van der Waals surface area contributed by atoms with E-state index in [1.807, 2.05) is 6.07 Å². The van der Waals surface area contributed by atoms with E-state index in [4.69, 9.17) is 0 Å². The largest absolute Gasteiger partial charge is 0.379 e. The van der Waals surface area contributed by atoms with E-state index in [1.165, 1.54) is 0 Å². The first-order chi connectivity index (χ1) is 8.02. The molecule has 1 aromatic rings. The zero-order valence-electron chi connectivity index (χ0n) is 10.4. The molecule has 1 N–H and O–H groups in total. The van der Waals surface area contributed by atoms with E-state index in [1.54, 1.807) is 12.1 Å². The predicted molar refractivity (Wildman–Crippen MR) is 68.3 cm³/mol. The van der Waals surface area contributed by atoms with Gasteiger partial charge in [0.1, 0.15) is 5.69 Å². The molecule has 0 radical (unpaired) electrons. The molecule has 0 bridgehead atoms. The highest BCUT2D eigenvalue weighted by Gasteiger charge is 2.32. The summed E-state index contributed by atoms with van der Waals surface area (Å²) in [6.07, 6.45) is 0. The van der Waals surface area contributed by atoms with E-state index in [0.717, 1.165) is 17.8 Å². The second kappa shape index (κ2) is 4.35.